The molecule has 5 rings (SSSR count). The summed E-state index contributed by atoms with van der Waals surface area (Å²) >= 11 is 0. The van der Waals surface area contributed by atoms with Gasteiger partial charge in [0.15, 0.2) is 0 Å². The summed E-state index contributed by atoms with van der Waals surface area (Å²) < 4.78 is 5.50. The van der Waals surface area contributed by atoms with Gasteiger partial charge in [0.2, 0.25) is 0 Å². The summed E-state index contributed by atoms with van der Waals surface area (Å²) in [5.74, 6) is 0.372. The van der Waals surface area contributed by atoms with Crippen molar-refractivity contribution in [1.82, 2.24) is 14.9 Å². The third-order valence-electron chi connectivity index (χ3n) is 5.75. The van der Waals surface area contributed by atoms with Crippen LogP contribution in [0, 0.1) is 0 Å². The average Bonchev–Trinajstić information content (AvgIpc) is 2.73. The summed E-state index contributed by atoms with van der Waals surface area (Å²) in [4.78, 5) is 13.4. The molecule has 5 nitrogen and oxygen atoms in total. The molecule has 0 bridgehead atoms. The maximum Gasteiger partial charge on any atom is 0.116 e. The fourth-order valence-corrected chi connectivity index (χ4v) is 4.35. The summed E-state index contributed by atoms with van der Waals surface area (Å²) in [5.41, 5.74) is 6.53. The molecule has 2 aromatic carbocycles. The molecule has 3 aromatic rings. The van der Waals surface area contributed by atoms with E-state index in [0.717, 1.165) is 50.3 Å². The Morgan fingerprint density at radius 1 is 1.07 bits per heavy atom. The lowest BCUT2D eigenvalue weighted by Gasteiger charge is -2.35. The Morgan fingerprint density at radius 3 is 2.85 bits per heavy atom. The second-order valence-corrected chi connectivity index (χ2v) is 7.57. The first-order valence-corrected chi connectivity index (χ1v) is 9.62. The lowest BCUT2D eigenvalue weighted by atomic mass is 9.84. The number of hydrogen-bond donors (Lipinski definition) is 0. The van der Waals surface area contributed by atoms with Crippen LogP contribution in [0.1, 0.15) is 22.6 Å². The van der Waals surface area contributed by atoms with Crippen LogP contribution in [0.5, 0.6) is 0 Å². The van der Waals surface area contributed by atoms with Gasteiger partial charge in [-0.15, -0.1) is 0 Å². The van der Waals surface area contributed by atoms with E-state index in [-0.39, 0.29) is 0 Å². The third-order valence-corrected chi connectivity index (χ3v) is 5.75. The molecule has 5 heteroatoms. The van der Waals surface area contributed by atoms with Gasteiger partial charge in [-0.3, -0.25) is 0 Å². The smallest absolute Gasteiger partial charge is 0.116 e. The van der Waals surface area contributed by atoms with Crippen molar-refractivity contribution in [3.05, 3.63) is 65.6 Å². The Morgan fingerprint density at radius 2 is 1.96 bits per heavy atom. The summed E-state index contributed by atoms with van der Waals surface area (Å²) in [6.45, 7) is 5.61. The maximum atomic E-state index is 5.50. The highest BCUT2D eigenvalue weighted by Crippen LogP contribution is 2.36. The Kier molecular flexibility index (Phi) is 4.26. The minimum Gasteiger partial charge on any atom is -0.378 e. The number of nitrogens with zero attached hydrogens (tertiary/aromatic N) is 4. The normalized spacial score (nSPS) is 20.6. The standard InChI is InChI=1S/C22H24N4O/c1-25-13-18-10-19(26-6-8-27-9-7-26)4-5-20(18)21(14-25)16-2-3-17-12-23-15-24-22(17)11-16/h2-5,10-12,15,21H,6-9,13-14H2,1H3. The van der Waals surface area contributed by atoms with E-state index < -0.39 is 0 Å². The molecule has 1 unspecified atom stereocenters. The lowest BCUT2D eigenvalue weighted by molar-refractivity contribution is 0.122. The molecular weight excluding hydrogens is 336 g/mol. The molecule has 138 valence electrons. The van der Waals surface area contributed by atoms with Crippen LogP contribution in [0.25, 0.3) is 10.9 Å². The van der Waals surface area contributed by atoms with Crippen LogP contribution >= 0.6 is 0 Å². The molecule has 1 fully saturated rings. The molecule has 2 aliphatic rings. The van der Waals surface area contributed by atoms with Gasteiger partial charge in [0.05, 0.1) is 18.7 Å². The van der Waals surface area contributed by atoms with Crippen molar-refractivity contribution < 1.29 is 4.74 Å². The highest BCUT2D eigenvalue weighted by Gasteiger charge is 2.26. The molecule has 0 amide bonds. The summed E-state index contributed by atoms with van der Waals surface area (Å²) in [7, 11) is 2.21. The van der Waals surface area contributed by atoms with Crippen molar-refractivity contribution in [2.75, 3.05) is 44.8 Å². The second kappa shape index (κ2) is 6.91. The lowest BCUT2D eigenvalue weighted by Crippen LogP contribution is -2.36. The molecule has 1 saturated heterocycles. The largest absolute Gasteiger partial charge is 0.378 e. The summed E-state index contributed by atoms with van der Waals surface area (Å²) in [6, 6.07) is 13.6. The van der Waals surface area contributed by atoms with E-state index in [1.54, 1.807) is 6.33 Å². The van der Waals surface area contributed by atoms with Gasteiger partial charge in [0.25, 0.3) is 0 Å². The molecule has 0 radical (unpaired) electrons. The van der Waals surface area contributed by atoms with Gasteiger partial charge in [-0.05, 0) is 41.9 Å². The second-order valence-electron chi connectivity index (χ2n) is 7.57. The van der Waals surface area contributed by atoms with Crippen molar-refractivity contribution >= 4 is 16.6 Å². The maximum absolute atomic E-state index is 5.50. The predicted octanol–water partition coefficient (Wildman–Crippen LogP) is 3.04. The van der Waals surface area contributed by atoms with Crippen molar-refractivity contribution in [1.29, 1.82) is 0 Å². The molecule has 0 aliphatic carbocycles. The van der Waals surface area contributed by atoms with Gasteiger partial charge in [-0.25, -0.2) is 9.97 Å². The molecule has 1 aromatic heterocycles. The zero-order valence-electron chi connectivity index (χ0n) is 15.6. The Labute approximate surface area is 159 Å². The molecule has 2 aliphatic heterocycles. The van der Waals surface area contributed by atoms with Gasteiger partial charge in [-0.1, -0.05) is 18.2 Å². The molecule has 0 spiro atoms. The molecule has 1 atom stereocenters. The van der Waals surface area contributed by atoms with E-state index in [9.17, 15) is 0 Å². The SMILES string of the molecule is CN1Cc2cc(N3CCOCC3)ccc2C(c2ccc3cncnc3c2)C1. The van der Waals surface area contributed by atoms with Crippen LogP contribution in [0.4, 0.5) is 5.69 Å². The van der Waals surface area contributed by atoms with Gasteiger partial charge in [-0.2, -0.15) is 0 Å². The molecule has 27 heavy (non-hydrogen) atoms. The van der Waals surface area contributed by atoms with Gasteiger partial charge in [0, 0.05) is 49.4 Å². The molecule has 3 heterocycles. The van der Waals surface area contributed by atoms with E-state index in [1.807, 2.05) is 6.20 Å². The zero-order valence-corrected chi connectivity index (χ0v) is 15.6. The third kappa shape index (κ3) is 3.17. The fourth-order valence-electron chi connectivity index (χ4n) is 4.35. The first-order valence-electron chi connectivity index (χ1n) is 9.62. The summed E-state index contributed by atoms with van der Waals surface area (Å²) in [5, 5.41) is 1.09. The van der Waals surface area contributed by atoms with Crippen LogP contribution in [-0.2, 0) is 11.3 Å². The monoisotopic (exact) mass is 360 g/mol. The first-order chi connectivity index (χ1) is 13.3. The van der Waals surface area contributed by atoms with Crippen molar-refractivity contribution in [3.8, 4) is 0 Å². The topological polar surface area (TPSA) is 41.5 Å². The van der Waals surface area contributed by atoms with E-state index in [1.165, 1.54) is 22.4 Å². The number of likely N-dealkylation sites (N-methyl/N-ethyl adjacent to an activating group) is 1. The molecule has 0 N–H and O–H groups in total. The number of rotatable bonds is 2. The van der Waals surface area contributed by atoms with Crippen molar-refractivity contribution in [3.63, 3.8) is 0 Å². The highest BCUT2D eigenvalue weighted by molar-refractivity contribution is 5.78. The average molecular weight is 360 g/mol. The zero-order chi connectivity index (χ0) is 18.2. The number of anilines is 1. The van der Waals surface area contributed by atoms with E-state index in [0.29, 0.717) is 5.92 Å². The van der Waals surface area contributed by atoms with Crippen LogP contribution in [0.2, 0.25) is 0 Å². The van der Waals surface area contributed by atoms with Gasteiger partial charge in [0.1, 0.15) is 6.33 Å². The van der Waals surface area contributed by atoms with Crippen molar-refractivity contribution in [2.24, 2.45) is 0 Å². The van der Waals surface area contributed by atoms with Crippen LogP contribution < -0.4 is 4.90 Å². The number of hydrogen-bond acceptors (Lipinski definition) is 5. The highest BCUT2D eigenvalue weighted by atomic mass is 16.5. The Bertz CT molecular complexity index is 967. The minimum atomic E-state index is 0.372. The fraction of sp³-hybridized carbons (Fsp3) is 0.364. The number of ether oxygens (including phenoxy) is 1. The number of morpholine rings is 1. The van der Waals surface area contributed by atoms with Crippen LogP contribution in [0.3, 0.4) is 0 Å². The number of benzene rings is 2. The predicted molar refractivity (Wildman–Crippen MR) is 107 cm³/mol. The first kappa shape index (κ1) is 16.7. The Balaban J connectivity index is 1.53. The quantitative estimate of drug-likeness (QED) is 0.703. The van der Waals surface area contributed by atoms with Crippen LogP contribution in [-0.4, -0.2) is 54.8 Å². The Hall–Kier alpha value is -2.50. The van der Waals surface area contributed by atoms with E-state index >= 15 is 0 Å². The number of aromatic nitrogens is 2. The van der Waals surface area contributed by atoms with Gasteiger partial charge >= 0.3 is 0 Å². The number of fused-ring (bicyclic) bond motifs is 2. The minimum absolute atomic E-state index is 0.372. The van der Waals surface area contributed by atoms with E-state index in [4.69, 9.17) is 4.74 Å². The summed E-state index contributed by atoms with van der Waals surface area (Å²) in [6.07, 6.45) is 3.50. The van der Waals surface area contributed by atoms with Crippen molar-refractivity contribution in [2.45, 2.75) is 12.5 Å². The molecule has 0 saturated carbocycles. The molecular formula is C22H24N4O. The van der Waals surface area contributed by atoms with E-state index in [2.05, 4.69) is 63.2 Å². The van der Waals surface area contributed by atoms with Crippen LogP contribution in [0.15, 0.2) is 48.9 Å². The van der Waals surface area contributed by atoms with Gasteiger partial charge < -0.3 is 14.5 Å².